The van der Waals surface area contributed by atoms with Crippen molar-refractivity contribution in [3.8, 4) is 5.75 Å². The number of alkyl halides is 2. The SMILES string of the molecule is Cc1ccc(C(O)C(=O)c2ccc(OC(F)F)c(C)c2)cc1C. The summed E-state index contributed by atoms with van der Waals surface area (Å²) in [4.78, 5) is 12.4. The Bertz CT molecular complexity index is 726. The molecule has 0 amide bonds. The van der Waals surface area contributed by atoms with Crippen LogP contribution in [0.25, 0.3) is 0 Å². The van der Waals surface area contributed by atoms with Gasteiger partial charge in [0.05, 0.1) is 0 Å². The molecule has 0 saturated heterocycles. The van der Waals surface area contributed by atoms with Crippen molar-refractivity contribution in [3.05, 3.63) is 64.2 Å². The van der Waals surface area contributed by atoms with Crippen LogP contribution in [0.2, 0.25) is 0 Å². The van der Waals surface area contributed by atoms with Gasteiger partial charge in [-0.2, -0.15) is 8.78 Å². The molecule has 0 saturated carbocycles. The number of benzene rings is 2. The summed E-state index contributed by atoms with van der Waals surface area (Å²) < 4.78 is 28.8. The van der Waals surface area contributed by atoms with E-state index in [1.165, 1.54) is 18.2 Å². The number of aryl methyl sites for hydroxylation is 3. The molecular formula is C18H18F2O3. The first kappa shape index (κ1) is 17.1. The summed E-state index contributed by atoms with van der Waals surface area (Å²) >= 11 is 0. The first-order valence-electron chi connectivity index (χ1n) is 7.14. The highest BCUT2D eigenvalue weighted by atomic mass is 19.3. The molecule has 0 fully saturated rings. The molecule has 0 heterocycles. The third-order valence-electron chi connectivity index (χ3n) is 3.77. The Balaban J connectivity index is 2.25. The number of halogens is 2. The predicted octanol–water partition coefficient (Wildman–Crippen LogP) is 4.13. The molecule has 2 aromatic carbocycles. The van der Waals surface area contributed by atoms with Gasteiger partial charge < -0.3 is 9.84 Å². The Hall–Kier alpha value is -2.27. The van der Waals surface area contributed by atoms with Gasteiger partial charge in [0.25, 0.3) is 0 Å². The van der Waals surface area contributed by atoms with E-state index in [0.29, 0.717) is 11.1 Å². The lowest BCUT2D eigenvalue weighted by Gasteiger charge is -2.13. The molecule has 0 radical (unpaired) electrons. The van der Waals surface area contributed by atoms with Crippen LogP contribution in [0.5, 0.6) is 5.75 Å². The third-order valence-corrected chi connectivity index (χ3v) is 3.77. The van der Waals surface area contributed by atoms with Crippen LogP contribution in [0.3, 0.4) is 0 Å². The molecule has 23 heavy (non-hydrogen) atoms. The highest BCUT2D eigenvalue weighted by molar-refractivity contribution is 6.00. The van der Waals surface area contributed by atoms with Crippen molar-refractivity contribution in [2.75, 3.05) is 0 Å². The maximum absolute atomic E-state index is 12.4. The second-order valence-electron chi connectivity index (χ2n) is 5.47. The summed E-state index contributed by atoms with van der Waals surface area (Å²) in [6.45, 7) is 2.49. The molecule has 1 unspecified atom stereocenters. The number of hydrogen-bond acceptors (Lipinski definition) is 3. The van der Waals surface area contributed by atoms with E-state index in [1.807, 2.05) is 19.9 Å². The molecular weight excluding hydrogens is 302 g/mol. The Kier molecular flexibility index (Phi) is 5.11. The van der Waals surface area contributed by atoms with Crippen molar-refractivity contribution in [2.45, 2.75) is 33.5 Å². The van der Waals surface area contributed by atoms with Crippen LogP contribution in [0.15, 0.2) is 36.4 Å². The molecule has 0 bridgehead atoms. The first-order chi connectivity index (χ1) is 10.8. The van der Waals surface area contributed by atoms with Crippen LogP contribution in [0.1, 0.15) is 38.7 Å². The van der Waals surface area contributed by atoms with Crippen LogP contribution in [-0.4, -0.2) is 17.5 Å². The van der Waals surface area contributed by atoms with Crippen molar-refractivity contribution in [2.24, 2.45) is 0 Å². The third kappa shape index (κ3) is 3.93. The zero-order chi connectivity index (χ0) is 17.1. The Morgan fingerprint density at radius 2 is 1.70 bits per heavy atom. The lowest BCUT2D eigenvalue weighted by molar-refractivity contribution is -0.0502. The van der Waals surface area contributed by atoms with Crippen molar-refractivity contribution in [3.63, 3.8) is 0 Å². The van der Waals surface area contributed by atoms with Crippen LogP contribution >= 0.6 is 0 Å². The van der Waals surface area contributed by atoms with E-state index in [9.17, 15) is 18.7 Å². The monoisotopic (exact) mass is 320 g/mol. The van der Waals surface area contributed by atoms with Gasteiger partial charge in [-0.25, -0.2) is 0 Å². The average molecular weight is 320 g/mol. The van der Waals surface area contributed by atoms with Crippen molar-refractivity contribution >= 4 is 5.78 Å². The summed E-state index contributed by atoms with van der Waals surface area (Å²) in [6, 6.07) is 9.42. The number of ether oxygens (including phenoxy) is 1. The standard InChI is InChI=1S/C18H18F2O3/c1-10-4-5-13(8-11(10)2)16(21)17(22)14-6-7-15(12(3)9-14)23-18(19)20/h4-9,16,18,21H,1-3H3. The van der Waals surface area contributed by atoms with Crippen molar-refractivity contribution in [1.29, 1.82) is 0 Å². The minimum Gasteiger partial charge on any atom is -0.435 e. The topological polar surface area (TPSA) is 46.5 Å². The van der Waals surface area contributed by atoms with E-state index in [0.717, 1.165) is 11.1 Å². The summed E-state index contributed by atoms with van der Waals surface area (Å²) in [5, 5.41) is 10.3. The fourth-order valence-electron chi connectivity index (χ4n) is 2.27. The van der Waals surface area contributed by atoms with E-state index < -0.39 is 18.5 Å². The van der Waals surface area contributed by atoms with Gasteiger partial charge in [0, 0.05) is 5.56 Å². The second kappa shape index (κ2) is 6.87. The predicted molar refractivity (Wildman–Crippen MR) is 83.0 cm³/mol. The van der Waals surface area contributed by atoms with Gasteiger partial charge in [-0.1, -0.05) is 18.2 Å². The molecule has 122 valence electrons. The summed E-state index contributed by atoms with van der Waals surface area (Å²) in [7, 11) is 0. The lowest BCUT2D eigenvalue weighted by atomic mass is 9.96. The lowest BCUT2D eigenvalue weighted by Crippen LogP contribution is -2.13. The molecule has 0 aromatic heterocycles. The molecule has 3 nitrogen and oxygen atoms in total. The molecule has 5 heteroatoms. The van der Waals surface area contributed by atoms with Crippen molar-refractivity contribution < 1.29 is 23.4 Å². The van der Waals surface area contributed by atoms with Gasteiger partial charge in [0.1, 0.15) is 11.9 Å². The van der Waals surface area contributed by atoms with E-state index in [4.69, 9.17) is 0 Å². The van der Waals surface area contributed by atoms with Gasteiger partial charge in [-0.15, -0.1) is 0 Å². The maximum Gasteiger partial charge on any atom is 0.387 e. The number of rotatable bonds is 5. The quantitative estimate of drug-likeness (QED) is 0.843. The van der Waals surface area contributed by atoms with Gasteiger partial charge >= 0.3 is 6.61 Å². The first-order valence-corrected chi connectivity index (χ1v) is 7.14. The molecule has 2 rings (SSSR count). The molecule has 1 atom stereocenters. The summed E-state index contributed by atoms with van der Waals surface area (Å²) in [5.41, 5.74) is 3.20. The van der Waals surface area contributed by atoms with Crippen LogP contribution < -0.4 is 4.74 Å². The zero-order valence-corrected chi connectivity index (χ0v) is 13.1. The van der Waals surface area contributed by atoms with E-state index in [2.05, 4.69) is 4.74 Å². The second-order valence-corrected chi connectivity index (χ2v) is 5.47. The average Bonchev–Trinajstić information content (AvgIpc) is 2.50. The number of hydrogen-bond donors (Lipinski definition) is 1. The normalized spacial score (nSPS) is 12.3. The van der Waals surface area contributed by atoms with Crippen LogP contribution in [0, 0.1) is 20.8 Å². The van der Waals surface area contributed by atoms with Crippen molar-refractivity contribution in [1.82, 2.24) is 0 Å². The maximum atomic E-state index is 12.4. The molecule has 0 aliphatic rings. The summed E-state index contributed by atoms with van der Waals surface area (Å²) in [5.74, 6) is -0.475. The van der Waals surface area contributed by atoms with E-state index in [1.54, 1.807) is 19.1 Å². The van der Waals surface area contributed by atoms with Gasteiger partial charge in [-0.3, -0.25) is 4.79 Å². The highest BCUT2D eigenvalue weighted by Crippen LogP contribution is 2.25. The number of Topliss-reactive ketones (excluding diaryl/α,β-unsaturated/α-hetero) is 1. The molecule has 0 aliphatic carbocycles. The molecule has 0 aliphatic heterocycles. The summed E-state index contributed by atoms with van der Waals surface area (Å²) in [6.07, 6.45) is -1.30. The van der Waals surface area contributed by atoms with Gasteiger partial charge in [-0.05, 0) is 61.2 Å². The number of ketones is 1. The smallest absolute Gasteiger partial charge is 0.387 e. The van der Waals surface area contributed by atoms with Gasteiger partial charge in [0.2, 0.25) is 0 Å². The Labute approximate surface area is 133 Å². The van der Waals surface area contributed by atoms with Crippen LogP contribution in [0.4, 0.5) is 8.78 Å². The zero-order valence-electron chi connectivity index (χ0n) is 13.1. The van der Waals surface area contributed by atoms with Crippen LogP contribution in [-0.2, 0) is 0 Å². The van der Waals surface area contributed by atoms with E-state index in [-0.39, 0.29) is 11.3 Å². The van der Waals surface area contributed by atoms with E-state index >= 15 is 0 Å². The number of carbonyl (C=O) groups is 1. The minimum absolute atomic E-state index is 0.0113. The molecule has 2 aromatic rings. The fourth-order valence-corrected chi connectivity index (χ4v) is 2.27. The number of aliphatic hydroxyl groups excluding tert-OH is 1. The fraction of sp³-hybridized carbons (Fsp3) is 0.278. The minimum atomic E-state index is -2.92. The molecule has 1 N–H and O–H groups in total. The van der Waals surface area contributed by atoms with Gasteiger partial charge in [0.15, 0.2) is 5.78 Å². The Morgan fingerprint density at radius 1 is 1.00 bits per heavy atom. The Morgan fingerprint density at radius 3 is 2.26 bits per heavy atom. The largest absolute Gasteiger partial charge is 0.435 e. The number of aliphatic hydroxyl groups is 1. The highest BCUT2D eigenvalue weighted by Gasteiger charge is 2.20. The number of carbonyl (C=O) groups excluding carboxylic acids is 1. The molecule has 0 spiro atoms.